The quantitative estimate of drug-likeness (QED) is 0.625. The van der Waals surface area contributed by atoms with Crippen LogP contribution in [0.1, 0.15) is 40.9 Å². The lowest BCUT2D eigenvalue weighted by Gasteiger charge is -2.26. The Bertz CT molecular complexity index is 1160. The normalized spacial score (nSPS) is 15.6. The van der Waals surface area contributed by atoms with Gasteiger partial charge in [-0.05, 0) is 49.2 Å². The molecule has 0 atom stereocenters. The Labute approximate surface area is 187 Å². The highest BCUT2D eigenvalue weighted by molar-refractivity contribution is 5.95. The summed E-state index contributed by atoms with van der Waals surface area (Å²) in [5.41, 5.74) is 3.33. The minimum absolute atomic E-state index is 0.0157. The van der Waals surface area contributed by atoms with Gasteiger partial charge in [0.15, 0.2) is 0 Å². The van der Waals surface area contributed by atoms with Crippen molar-refractivity contribution < 1.29 is 18.7 Å². The predicted octanol–water partition coefficient (Wildman–Crippen LogP) is 4.89. The molecule has 2 heterocycles. The number of carbonyl (C=O) groups excluding carboxylic acids is 2. The Morgan fingerprint density at radius 3 is 2.72 bits per heavy atom. The van der Waals surface area contributed by atoms with E-state index in [2.05, 4.69) is 5.32 Å². The highest BCUT2D eigenvalue weighted by Gasteiger charge is 2.27. The molecule has 0 bridgehead atoms. The van der Waals surface area contributed by atoms with E-state index in [0.717, 1.165) is 47.6 Å². The molecule has 164 valence electrons. The highest BCUT2D eigenvalue weighted by atomic mass is 16.5. The number of anilines is 1. The summed E-state index contributed by atoms with van der Waals surface area (Å²) in [5.74, 6) is 2.56. The monoisotopic (exact) mass is 430 g/mol. The number of amides is 2. The number of nitrogens with one attached hydrogen (secondary N) is 1. The van der Waals surface area contributed by atoms with Crippen molar-refractivity contribution in [1.82, 2.24) is 4.90 Å². The molecule has 1 N–H and O–H groups in total. The van der Waals surface area contributed by atoms with Crippen molar-refractivity contribution >= 4 is 17.5 Å². The van der Waals surface area contributed by atoms with Gasteiger partial charge in [-0.2, -0.15) is 0 Å². The topological polar surface area (TPSA) is 71.8 Å². The molecule has 1 aliphatic heterocycles. The summed E-state index contributed by atoms with van der Waals surface area (Å²) in [6, 6.07) is 17.0. The van der Waals surface area contributed by atoms with Crippen LogP contribution in [-0.2, 0) is 17.8 Å². The molecule has 6 heteroatoms. The average molecular weight is 431 g/mol. The number of methoxy groups -OCH3 is 1. The highest BCUT2D eigenvalue weighted by Crippen LogP contribution is 2.32. The third kappa shape index (κ3) is 4.00. The van der Waals surface area contributed by atoms with Gasteiger partial charge in [0.25, 0.3) is 5.91 Å². The minimum Gasteiger partial charge on any atom is -0.497 e. The lowest BCUT2D eigenvalue weighted by atomic mass is 9.85. The molecule has 1 saturated carbocycles. The molecule has 0 unspecified atom stereocenters. The van der Waals surface area contributed by atoms with Crippen LogP contribution >= 0.6 is 0 Å². The average Bonchev–Trinajstić information content (AvgIpc) is 3.21. The van der Waals surface area contributed by atoms with Crippen LogP contribution in [0.15, 0.2) is 59.0 Å². The smallest absolute Gasteiger partial charge is 0.254 e. The first-order valence-corrected chi connectivity index (χ1v) is 11.1. The molecule has 3 aromatic rings. The van der Waals surface area contributed by atoms with Crippen LogP contribution in [0.3, 0.4) is 0 Å². The van der Waals surface area contributed by atoms with Gasteiger partial charge in [-0.3, -0.25) is 9.59 Å². The maximum Gasteiger partial charge on any atom is 0.254 e. The van der Waals surface area contributed by atoms with Crippen molar-refractivity contribution in [3.63, 3.8) is 0 Å². The second-order valence-electron chi connectivity index (χ2n) is 8.47. The van der Waals surface area contributed by atoms with Crippen molar-refractivity contribution in [2.24, 2.45) is 5.92 Å². The van der Waals surface area contributed by atoms with Gasteiger partial charge in [0.05, 0.1) is 7.11 Å². The van der Waals surface area contributed by atoms with Crippen LogP contribution in [0.5, 0.6) is 5.75 Å². The van der Waals surface area contributed by atoms with E-state index in [1.54, 1.807) is 13.2 Å². The molecule has 2 amide bonds. The number of rotatable bonds is 5. The fraction of sp³-hybridized carbons (Fsp3) is 0.308. The van der Waals surface area contributed by atoms with Crippen LogP contribution in [0.25, 0.3) is 11.3 Å². The third-order valence-electron chi connectivity index (χ3n) is 6.36. The Morgan fingerprint density at radius 2 is 1.94 bits per heavy atom. The van der Waals surface area contributed by atoms with Crippen molar-refractivity contribution in [3.8, 4) is 17.1 Å². The second kappa shape index (κ2) is 8.54. The molecule has 2 aliphatic rings. The Kier molecular flexibility index (Phi) is 5.43. The van der Waals surface area contributed by atoms with E-state index < -0.39 is 0 Å². The molecule has 0 saturated heterocycles. The molecule has 32 heavy (non-hydrogen) atoms. The van der Waals surface area contributed by atoms with Crippen molar-refractivity contribution in [1.29, 1.82) is 0 Å². The van der Waals surface area contributed by atoms with E-state index in [4.69, 9.17) is 9.15 Å². The number of benzene rings is 2. The molecule has 5 rings (SSSR count). The summed E-state index contributed by atoms with van der Waals surface area (Å²) in [7, 11) is 1.59. The van der Waals surface area contributed by atoms with Gasteiger partial charge in [0.1, 0.15) is 17.3 Å². The summed E-state index contributed by atoms with van der Waals surface area (Å²) < 4.78 is 11.4. The predicted molar refractivity (Wildman–Crippen MR) is 122 cm³/mol. The Balaban J connectivity index is 1.31. The van der Waals surface area contributed by atoms with Crippen molar-refractivity contribution in [2.45, 2.75) is 32.2 Å². The van der Waals surface area contributed by atoms with E-state index in [0.29, 0.717) is 30.8 Å². The van der Waals surface area contributed by atoms with Crippen molar-refractivity contribution in [3.05, 3.63) is 71.5 Å². The fourth-order valence-electron chi connectivity index (χ4n) is 4.25. The van der Waals surface area contributed by atoms with Crippen LogP contribution in [-0.4, -0.2) is 30.4 Å². The number of hydrogen-bond donors (Lipinski definition) is 1. The minimum atomic E-state index is -0.0157. The van der Waals surface area contributed by atoms with E-state index in [9.17, 15) is 9.59 Å². The van der Waals surface area contributed by atoms with Gasteiger partial charge in [-0.15, -0.1) is 0 Å². The van der Waals surface area contributed by atoms with E-state index in [1.165, 1.54) is 0 Å². The number of carbonyl (C=O) groups is 2. The summed E-state index contributed by atoms with van der Waals surface area (Å²) in [5, 5.41) is 3.02. The number of furan rings is 1. The summed E-state index contributed by atoms with van der Waals surface area (Å²) in [6.07, 6.45) is 3.75. The molecule has 2 aromatic carbocycles. The molecule has 6 nitrogen and oxygen atoms in total. The maximum absolute atomic E-state index is 13.0. The summed E-state index contributed by atoms with van der Waals surface area (Å²) >= 11 is 0. The van der Waals surface area contributed by atoms with Crippen molar-refractivity contribution in [2.75, 3.05) is 19.0 Å². The molecular weight excluding hydrogens is 404 g/mol. The fourth-order valence-corrected chi connectivity index (χ4v) is 4.25. The van der Waals surface area contributed by atoms with E-state index in [-0.39, 0.29) is 17.7 Å². The molecular formula is C26H26N2O4. The summed E-state index contributed by atoms with van der Waals surface area (Å²) in [4.78, 5) is 27.1. The first kappa shape index (κ1) is 20.4. The molecule has 1 fully saturated rings. The van der Waals surface area contributed by atoms with Crippen LogP contribution < -0.4 is 10.1 Å². The molecule has 0 radical (unpaired) electrons. The van der Waals surface area contributed by atoms with Gasteiger partial charge >= 0.3 is 0 Å². The van der Waals surface area contributed by atoms with Gasteiger partial charge < -0.3 is 19.4 Å². The largest absolute Gasteiger partial charge is 0.497 e. The first-order valence-electron chi connectivity index (χ1n) is 11.1. The zero-order valence-corrected chi connectivity index (χ0v) is 18.1. The van der Waals surface area contributed by atoms with Crippen LogP contribution in [0.2, 0.25) is 0 Å². The molecule has 1 aromatic heterocycles. The Hall–Kier alpha value is -3.54. The zero-order chi connectivity index (χ0) is 22.1. The lowest BCUT2D eigenvalue weighted by molar-refractivity contribution is -0.122. The molecule has 0 spiro atoms. The number of nitrogens with zero attached hydrogens (tertiary/aromatic N) is 1. The maximum atomic E-state index is 13.0. The van der Waals surface area contributed by atoms with Crippen LogP contribution in [0.4, 0.5) is 5.69 Å². The van der Waals surface area contributed by atoms with E-state index in [1.807, 2.05) is 53.4 Å². The van der Waals surface area contributed by atoms with Gasteiger partial charge in [-0.1, -0.05) is 24.6 Å². The molecule has 1 aliphatic carbocycles. The second-order valence-corrected chi connectivity index (χ2v) is 8.47. The lowest BCUT2D eigenvalue weighted by Crippen LogP contribution is -2.35. The SMILES string of the molecule is COc1cccc(C(=O)N2CCc3oc(-c4cccc(NC(=O)C5CCC5)c4)cc3C2)c1. The van der Waals surface area contributed by atoms with Gasteiger partial charge in [0, 0.05) is 47.8 Å². The third-order valence-corrected chi connectivity index (χ3v) is 6.36. The summed E-state index contributed by atoms with van der Waals surface area (Å²) in [6.45, 7) is 1.11. The standard InChI is InChI=1S/C26H26N2O4/c1-31-22-10-4-8-19(14-22)26(30)28-12-11-23-20(16-28)15-24(32-23)18-7-3-9-21(13-18)27-25(29)17-5-2-6-17/h3-4,7-10,13-15,17H,2,5-6,11-12,16H2,1H3,(H,27,29). The Morgan fingerprint density at radius 1 is 1.09 bits per heavy atom. The first-order chi connectivity index (χ1) is 15.6. The number of ether oxygens (including phenoxy) is 1. The zero-order valence-electron chi connectivity index (χ0n) is 18.1. The van der Waals surface area contributed by atoms with Gasteiger partial charge in [-0.25, -0.2) is 0 Å². The van der Waals surface area contributed by atoms with Gasteiger partial charge in [0.2, 0.25) is 5.91 Å². The van der Waals surface area contributed by atoms with Crippen LogP contribution in [0, 0.1) is 5.92 Å². The number of fused-ring (bicyclic) bond motifs is 1. The van der Waals surface area contributed by atoms with E-state index >= 15 is 0 Å². The number of hydrogen-bond acceptors (Lipinski definition) is 4.